The minimum Gasteiger partial charge on any atom is -0.453 e. The Morgan fingerprint density at radius 3 is 1.81 bits per heavy atom. The van der Waals surface area contributed by atoms with Crippen LogP contribution in [0.5, 0.6) is 0 Å². The van der Waals surface area contributed by atoms with Gasteiger partial charge in [0.2, 0.25) is 11.8 Å². The van der Waals surface area contributed by atoms with Crippen LogP contribution in [0.3, 0.4) is 0 Å². The number of amides is 4. The van der Waals surface area contributed by atoms with Crippen LogP contribution in [-0.2, 0) is 19.1 Å². The number of likely N-dealkylation sites (tertiary alicyclic amines) is 2. The van der Waals surface area contributed by atoms with Crippen LogP contribution in [0.15, 0.2) is 60.9 Å². The Morgan fingerprint density at radius 1 is 0.778 bits per heavy atom. The molecule has 2 aromatic carbocycles. The number of H-pyrrole nitrogens is 2. The molecule has 2 aromatic heterocycles. The van der Waals surface area contributed by atoms with Gasteiger partial charge in [0.25, 0.3) is 0 Å². The first-order valence-corrected chi connectivity index (χ1v) is 18.6. The number of nitrogens with zero attached hydrogens (tertiary/aromatic N) is 4. The minimum absolute atomic E-state index is 0.104. The summed E-state index contributed by atoms with van der Waals surface area (Å²) >= 11 is 0. The first-order chi connectivity index (χ1) is 26.0. The summed E-state index contributed by atoms with van der Waals surface area (Å²) in [5.41, 5.74) is 5.78. The summed E-state index contributed by atoms with van der Waals surface area (Å²) in [6, 6.07) is 14.7. The second-order valence-corrected chi connectivity index (χ2v) is 14.5. The maximum atomic E-state index is 13.5. The lowest BCUT2D eigenvalue weighted by Crippen LogP contribution is -2.51. The Morgan fingerprint density at radius 2 is 1.30 bits per heavy atom. The Labute approximate surface area is 315 Å². The van der Waals surface area contributed by atoms with E-state index >= 15 is 0 Å². The Kier molecular flexibility index (Phi) is 11.7. The van der Waals surface area contributed by atoms with Gasteiger partial charge < -0.3 is 39.9 Å². The predicted molar refractivity (Wildman–Crippen MR) is 203 cm³/mol. The van der Waals surface area contributed by atoms with E-state index in [4.69, 9.17) is 9.47 Å². The summed E-state index contributed by atoms with van der Waals surface area (Å²) in [4.78, 5) is 70.6. The van der Waals surface area contributed by atoms with Gasteiger partial charge in [-0.2, -0.15) is 0 Å². The third kappa shape index (κ3) is 8.12. The van der Waals surface area contributed by atoms with Crippen molar-refractivity contribution in [1.82, 2.24) is 40.4 Å². The maximum absolute atomic E-state index is 13.5. The summed E-state index contributed by atoms with van der Waals surface area (Å²) in [5.74, 6) is 1.35. The Balaban J connectivity index is 1.11. The molecular formula is C40H50N8O6. The summed E-state index contributed by atoms with van der Waals surface area (Å²) in [6.07, 6.45) is 5.21. The molecule has 2 aliphatic rings. The van der Waals surface area contributed by atoms with Crippen molar-refractivity contribution in [3.63, 3.8) is 0 Å². The highest BCUT2D eigenvalue weighted by molar-refractivity contribution is 5.87. The molecule has 4 aromatic rings. The molecule has 6 rings (SSSR count). The number of hydrogen-bond acceptors (Lipinski definition) is 8. The zero-order chi connectivity index (χ0) is 38.5. The van der Waals surface area contributed by atoms with Crippen LogP contribution < -0.4 is 10.6 Å². The van der Waals surface area contributed by atoms with Crippen LogP contribution in [0, 0.1) is 11.8 Å². The molecule has 0 radical (unpaired) electrons. The number of aromatic nitrogens is 4. The van der Waals surface area contributed by atoms with Crippen molar-refractivity contribution in [3.05, 3.63) is 72.6 Å². The van der Waals surface area contributed by atoms with E-state index < -0.39 is 24.3 Å². The zero-order valence-corrected chi connectivity index (χ0v) is 31.7. The average Bonchev–Trinajstić information content (AvgIpc) is 4.02. The molecule has 0 spiro atoms. The van der Waals surface area contributed by atoms with Gasteiger partial charge in [-0.3, -0.25) is 9.59 Å². The van der Waals surface area contributed by atoms with Gasteiger partial charge in [-0.15, -0.1) is 0 Å². The highest BCUT2D eigenvalue weighted by Crippen LogP contribution is 2.36. The lowest BCUT2D eigenvalue weighted by molar-refractivity contribution is -0.135. The summed E-state index contributed by atoms with van der Waals surface area (Å²) in [6.45, 7) is 8.95. The fourth-order valence-electron chi connectivity index (χ4n) is 7.47. The number of hydrogen-bond donors (Lipinski definition) is 4. The molecule has 2 fully saturated rings. The summed E-state index contributed by atoms with van der Waals surface area (Å²) < 4.78 is 9.47. The number of carbonyl (C=O) groups excluding carboxylic acids is 4. The molecule has 1 unspecified atom stereocenters. The van der Waals surface area contributed by atoms with Crippen LogP contribution in [0.2, 0.25) is 0 Å². The van der Waals surface area contributed by atoms with Gasteiger partial charge in [0.05, 0.1) is 50.1 Å². The summed E-state index contributed by atoms with van der Waals surface area (Å²) in [5, 5.41) is 5.35. The summed E-state index contributed by atoms with van der Waals surface area (Å²) in [7, 11) is 2.57. The van der Waals surface area contributed by atoms with E-state index in [0.29, 0.717) is 25.4 Å². The second-order valence-electron chi connectivity index (χ2n) is 14.5. The van der Waals surface area contributed by atoms with Crippen molar-refractivity contribution in [2.24, 2.45) is 11.8 Å². The number of rotatable bonds is 11. The third-order valence-electron chi connectivity index (χ3n) is 10.5. The van der Waals surface area contributed by atoms with E-state index in [2.05, 4.69) is 73.9 Å². The quantitative estimate of drug-likeness (QED) is 0.140. The van der Waals surface area contributed by atoms with Crippen molar-refractivity contribution >= 4 is 24.0 Å². The molecule has 0 aliphatic carbocycles. The van der Waals surface area contributed by atoms with Gasteiger partial charge in [-0.25, -0.2) is 19.6 Å². The molecule has 54 heavy (non-hydrogen) atoms. The second kappa shape index (κ2) is 16.6. The van der Waals surface area contributed by atoms with E-state index in [-0.39, 0.29) is 29.8 Å². The van der Waals surface area contributed by atoms with Crippen molar-refractivity contribution in [2.45, 2.75) is 77.5 Å². The van der Waals surface area contributed by atoms with Gasteiger partial charge in [0.1, 0.15) is 23.7 Å². The standard InChI is InChI=1S/C40H50N8O6/c1-7-29(45-39(51)53-5)37(49)48-22-24(4)19-33(48)36-42-21-31(44-36)28-16-12-26(13-17-28)25-10-14-27(15-11-25)30-20-41-35(43-30)32-9-8-18-47(32)38(50)34(23(2)3)46-40(52)54-6/h10-17,20-21,23-24,29,32-34H,7-9,18-19,22H2,1-6H3,(H,41,43)(H,42,44)(H,45,51)(H,46,52)/t24-,29+,32+,33+,34?/m1/s1. The number of imidazole rings is 2. The molecule has 14 heteroatoms. The van der Waals surface area contributed by atoms with Crippen LogP contribution >= 0.6 is 0 Å². The first-order valence-electron chi connectivity index (χ1n) is 18.6. The molecule has 5 atom stereocenters. The molecule has 4 amide bonds. The highest BCUT2D eigenvalue weighted by atomic mass is 16.5. The van der Waals surface area contributed by atoms with Gasteiger partial charge in [0.15, 0.2) is 0 Å². The molecule has 286 valence electrons. The van der Waals surface area contributed by atoms with Crippen LogP contribution in [0.4, 0.5) is 9.59 Å². The normalized spacial score (nSPS) is 19.4. The van der Waals surface area contributed by atoms with E-state index in [1.807, 2.05) is 37.8 Å². The van der Waals surface area contributed by atoms with E-state index in [0.717, 1.165) is 64.6 Å². The lowest BCUT2D eigenvalue weighted by Gasteiger charge is -2.30. The van der Waals surface area contributed by atoms with Gasteiger partial charge >= 0.3 is 12.2 Å². The lowest BCUT2D eigenvalue weighted by atomic mass is 10.0. The Hall–Kier alpha value is -5.66. The third-order valence-corrected chi connectivity index (χ3v) is 10.5. The largest absolute Gasteiger partial charge is 0.453 e. The van der Waals surface area contributed by atoms with Crippen molar-refractivity contribution < 1.29 is 28.7 Å². The number of ether oxygens (including phenoxy) is 2. The number of nitrogens with one attached hydrogen (secondary N) is 4. The van der Waals surface area contributed by atoms with Crippen molar-refractivity contribution in [2.75, 3.05) is 27.3 Å². The van der Waals surface area contributed by atoms with Crippen LogP contribution in [-0.4, -0.2) is 93.1 Å². The molecule has 14 nitrogen and oxygen atoms in total. The highest BCUT2D eigenvalue weighted by Gasteiger charge is 2.39. The first kappa shape index (κ1) is 38.1. The molecule has 2 aliphatic heterocycles. The molecular weight excluding hydrogens is 688 g/mol. The number of carbonyl (C=O) groups is 4. The van der Waals surface area contributed by atoms with Gasteiger partial charge in [0, 0.05) is 13.1 Å². The van der Waals surface area contributed by atoms with E-state index in [1.54, 1.807) is 17.3 Å². The SMILES string of the molecule is CC[C@H](NC(=O)OC)C(=O)N1C[C@H](C)C[C@H]1c1ncc(-c2ccc(-c3ccc(-c4cnc([C@@H]5CCCN5C(=O)C(NC(=O)OC)C(C)C)[nH]4)cc3)cc2)[nH]1. The maximum Gasteiger partial charge on any atom is 0.407 e. The fraction of sp³-hybridized carbons (Fsp3) is 0.450. The number of methoxy groups -OCH3 is 2. The Bertz CT molecular complexity index is 1940. The topological polar surface area (TPSA) is 175 Å². The van der Waals surface area contributed by atoms with Crippen molar-refractivity contribution in [1.29, 1.82) is 0 Å². The molecule has 0 bridgehead atoms. The monoisotopic (exact) mass is 738 g/mol. The van der Waals surface area contributed by atoms with Crippen LogP contribution in [0.1, 0.15) is 77.1 Å². The average molecular weight is 739 g/mol. The van der Waals surface area contributed by atoms with Gasteiger partial charge in [-0.05, 0) is 59.8 Å². The minimum atomic E-state index is -0.687. The predicted octanol–water partition coefficient (Wildman–Crippen LogP) is 6.22. The molecule has 4 N–H and O–H groups in total. The number of aromatic amines is 2. The molecule has 0 saturated carbocycles. The number of alkyl carbamates (subject to hydrolysis) is 2. The van der Waals surface area contributed by atoms with E-state index in [9.17, 15) is 19.2 Å². The molecule has 4 heterocycles. The van der Waals surface area contributed by atoms with Crippen LogP contribution in [0.25, 0.3) is 33.6 Å². The zero-order valence-electron chi connectivity index (χ0n) is 31.7. The smallest absolute Gasteiger partial charge is 0.407 e. The fourth-order valence-corrected chi connectivity index (χ4v) is 7.47. The van der Waals surface area contributed by atoms with Crippen molar-refractivity contribution in [3.8, 4) is 33.6 Å². The van der Waals surface area contributed by atoms with E-state index in [1.165, 1.54) is 14.2 Å². The van der Waals surface area contributed by atoms with Gasteiger partial charge in [-0.1, -0.05) is 76.2 Å². The molecule has 2 saturated heterocycles. The number of benzene rings is 2.